The molecule has 1 aromatic heterocycles. The van der Waals surface area contributed by atoms with Gasteiger partial charge >= 0.3 is 5.97 Å². The van der Waals surface area contributed by atoms with Crippen molar-refractivity contribution in [2.24, 2.45) is 0 Å². The molecule has 2 aromatic rings. The summed E-state index contributed by atoms with van der Waals surface area (Å²) < 4.78 is 11.0. The Morgan fingerprint density at radius 3 is 2.78 bits per heavy atom. The molecule has 2 heterocycles. The van der Waals surface area contributed by atoms with E-state index in [2.05, 4.69) is 4.98 Å². The van der Waals surface area contributed by atoms with Crippen molar-refractivity contribution >= 4 is 23.2 Å². The van der Waals surface area contributed by atoms with Crippen molar-refractivity contribution in [3.8, 4) is 22.1 Å². The van der Waals surface area contributed by atoms with Gasteiger partial charge in [-0.15, -0.1) is 11.3 Å². The molecule has 0 unspecified atom stereocenters. The quantitative estimate of drug-likeness (QED) is 0.916. The Balaban J connectivity index is 1.81. The first kappa shape index (κ1) is 15.3. The standard InChI is InChI=1S/C15H14N2O5S/c1-17(7-13(18)19)15(20)10-8-23-14(16-10)9-2-3-11-12(6-9)22-5-4-21-11/h2-3,6,8H,4-5,7H2,1H3,(H,18,19). The lowest BCUT2D eigenvalue weighted by molar-refractivity contribution is -0.137. The van der Waals surface area contributed by atoms with Crippen LogP contribution in [-0.4, -0.2) is 53.7 Å². The van der Waals surface area contributed by atoms with Crippen LogP contribution in [0.25, 0.3) is 10.6 Å². The minimum atomic E-state index is -1.07. The minimum Gasteiger partial charge on any atom is -0.486 e. The molecule has 8 heteroatoms. The number of aromatic nitrogens is 1. The summed E-state index contributed by atoms with van der Waals surface area (Å²) in [5.41, 5.74) is 1.04. The van der Waals surface area contributed by atoms with Crippen molar-refractivity contribution < 1.29 is 24.2 Å². The Morgan fingerprint density at radius 1 is 1.30 bits per heavy atom. The van der Waals surface area contributed by atoms with E-state index in [0.717, 1.165) is 10.5 Å². The molecule has 0 radical (unpaired) electrons. The smallest absolute Gasteiger partial charge is 0.323 e. The van der Waals surface area contributed by atoms with Crippen LogP contribution in [0.3, 0.4) is 0 Å². The molecule has 3 rings (SSSR count). The molecule has 0 saturated heterocycles. The van der Waals surface area contributed by atoms with Gasteiger partial charge in [-0.3, -0.25) is 9.59 Å². The van der Waals surface area contributed by atoms with Crippen LogP contribution in [0.15, 0.2) is 23.6 Å². The summed E-state index contributed by atoms with van der Waals surface area (Å²) >= 11 is 1.32. The SMILES string of the molecule is CN(CC(=O)O)C(=O)c1csc(-c2ccc3c(c2)OCCO3)n1. The maximum Gasteiger partial charge on any atom is 0.323 e. The molecule has 1 N–H and O–H groups in total. The van der Waals surface area contributed by atoms with E-state index in [-0.39, 0.29) is 12.2 Å². The van der Waals surface area contributed by atoms with E-state index in [1.807, 2.05) is 18.2 Å². The number of ether oxygens (including phenoxy) is 2. The molecule has 0 aliphatic carbocycles. The second kappa shape index (κ2) is 6.25. The summed E-state index contributed by atoms with van der Waals surface area (Å²) in [5.74, 6) is -0.149. The molecule has 0 atom stereocenters. The van der Waals surface area contributed by atoms with E-state index in [4.69, 9.17) is 14.6 Å². The van der Waals surface area contributed by atoms with E-state index in [1.54, 1.807) is 5.38 Å². The predicted octanol–water partition coefficient (Wildman–Crippen LogP) is 1.74. The first-order valence-corrected chi connectivity index (χ1v) is 7.75. The number of hydrogen-bond acceptors (Lipinski definition) is 6. The Kier molecular flexibility index (Phi) is 4.16. The van der Waals surface area contributed by atoms with Gasteiger partial charge in [0.1, 0.15) is 30.5 Å². The number of rotatable bonds is 4. The van der Waals surface area contributed by atoms with Crippen molar-refractivity contribution in [3.63, 3.8) is 0 Å². The molecule has 1 amide bonds. The van der Waals surface area contributed by atoms with Gasteiger partial charge < -0.3 is 19.5 Å². The van der Waals surface area contributed by atoms with Crippen LogP contribution in [0, 0.1) is 0 Å². The van der Waals surface area contributed by atoms with Crippen LogP contribution in [0.2, 0.25) is 0 Å². The number of likely N-dealkylation sites (N-methyl/N-ethyl adjacent to an activating group) is 1. The zero-order chi connectivity index (χ0) is 16.4. The van der Waals surface area contributed by atoms with E-state index in [0.29, 0.717) is 29.7 Å². The van der Waals surface area contributed by atoms with Gasteiger partial charge in [-0.1, -0.05) is 0 Å². The molecule has 0 saturated carbocycles. The van der Waals surface area contributed by atoms with Crippen molar-refractivity contribution in [1.82, 2.24) is 9.88 Å². The van der Waals surface area contributed by atoms with E-state index in [1.165, 1.54) is 18.4 Å². The van der Waals surface area contributed by atoms with Crippen LogP contribution in [0.4, 0.5) is 0 Å². The number of nitrogens with zero attached hydrogens (tertiary/aromatic N) is 2. The van der Waals surface area contributed by atoms with Crippen LogP contribution in [0.1, 0.15) is 10.5 Å². The molecule has 0 bridgehead atoms. The third-order valence-corrected chi connectivity index (χ3v) is 4.12. The number of carbonyl (C=O) groups is 2. The number of hydrogen-bond donors (Lipinski definition) is 1. The summed E-state index contributed by atoms with van der Waals surface area (Å²) in [6.45, 7) is 0.659. The highest BCUT2D eigenvalue weighted by Gasteiger charge is 2.19. The Hall–Kier alpha value is -2.61. The number of fused-ring (bicyclic) bond motifs is 1. The molecule has 1 aliphatic heterocycles. The normalized spacial score (nSPS) is 12.7. The number of carboxylic acid groups (broad SMARTS) is 1. The number of benzene rings is 1. The number of amides is 1. The fraction of sp³-hybridized carbons (Fsp3) is 0.267. The molecule has 1 aliphatic rings. The largest absolute Gasteiger partial charge is 0.486 e. The molecule has 0 spiro atoms. The number of aliphatic carboxylic acids is 1. The summed E-state index contributed by atoms with van der Waals surface area (Å²) in [6, 6.07) is 5.48. The van der Waals surface area contributed by atoms with E-state index >= 15 is 0 Å². The molecule has 1 aromatic carbocycles. The third kappa shape index (κ3) is 3.26. The Bertz CT molecular complexity index is 758. The highest BCUT2D eigenvalue weighted by Crippen LogP contribution is 2.35. The predicted molar refractivity (Wildman–Crippen MR) is 83.1 cm³/mol. The van der Waals surface area contributed by atoms with Crippen LogP contribution >= 0.6 is 11.3 Å². The van der Waals surface area contributed by atoms with Crippen molar-refractivity contribution in [1.29, 1.82) is 0 Å². The monoisotopic (exact) mass is 334 g/mol. The second-order valence-corrected chi connectivity index (χ2v) is 5.81. The number of thiazole rings is 1. The maximum absolute atomic E-state index is 12.1. The highest BCUT2D eigenvalue weighted by molar-refractivity contribution is 7.13. The second-order valence-electron chi connectivity index (χ2n) is 4.95. The van der Waals surface area contributed by atoms with Gasteiger partial charge in [-0.05, 0) is 18.2 Å². The highest BCUT2D eigenvalue weighted by atomic mass is 32.1. The van der Waals surface area contributed by atoms with E-state index < -0.39 is 11.9 Å². The molecule has 7 nitrogen and oxygen atoms in total. The summed E-state index contributed by atoms with van der Waals surface area (Å²) in [5, 5.41) is 11.0. The lowest BCUT2D eigenvalue weighted by Crippen LogP contribution is -2.32. The fourth-order valence-corrected chi connectivity index (χ4v) is 2.94. The lowest BCUT2D eigenvalue weighted by Gasteiger charge is -2.18. The van der Waals surface area contributed by atoms with Gasteiger partial charge in [-0.25, -0.2) is 4.98 Å². The van der Waals surface area contributed by atoms with Crippen LogP contribution < -0.4 is 9.47 Å². The average Bonchev–Trinajstić information content (AvgIpc) is 3.03. The zero-order valence-corrected chi connectivity index (χ0v) is 13.1. The van der Waals surface area contributed by atoms with Gasteiger partial charge in [0, 0.05) is 18.0 Å². The molecular weight excluding hydrogens is 320 g/mol. The molecule has 0 fully saturated rings. The number of carbonyl (C=O) groups excluding carboxylic acids is 1. The van der Waals surface area contributed by atoms with Crippen molar-refractivity contribution in [2.75, 3.05) is 26.8 Å². The Labute approximate surface area is 136 Å². The maximum atomic E-state index is 12.1. The van der Waals surface area contributed by atoms with E-state index in [9.17, 15) is 9.59 Å². The first-order valence-electron chi connectivity index (χ1n) is 6.87. The van der Waals surface area contributed by atoms with Crippen molar-refractivity contribution in [2.45, 2.75) is 0 Å². The topological polar surface area (TPSA) is 89.0 Å². The van der Waals surface area contributed by atoms with Gasteiger partial charge in [0.05, 0.1) is 0 Å². The number of carboxylic acids is 1. The first-order chi connectivity index (χ1) is 11.0. The molecule has 120 valence electrons. The van der Waals surface area contributed by atoms with Crippen LogP contribution in [0.5, 0.6) is 11.5 Å². The van der Waals surface area contributed by atoms with Gasteiger partial charge in [0.15, 0.2) is 11.5 Å². The van der Waals surface area contributed by atoms with Crippen LogP contribution in [-0.2, 0) is 4.79 Å². The molecule has 23 heavy (non-hydrogen) atoms. The minimum absolute atomic E-state index is 0.226. The summed E-state index contributed by atoms with van der Waals surface area (Å²) in [6.07, 6.45) is 0. The summed E-state index contributed by atoms with van der Waals surface area (Å²) in [7, 11) is 1.43. The van der Waals surface area contributed by atoms with Gasteiger partial charge in [0.25, 0.3) is 5.91 Å². The fourth-order valence-electron chi connectivity index (χ4n) is 2.15. The average molecular weight is 334 g/mol. The van der Waals surface area contributed by atoms with Crippen molar-refractivity contribution in [3.05, 3.63) is 29.3 Å². The lowest BCUT2D eigenvalue weighted by atomic mass is 10.2. The van der Waals surface area contributed by atoms with Gasteiger partial charge in [0.2, 0.25) is 0 Å². The summed E-state index contributed by atoms with van der Waals surface area (Å²) in [4.78, 5) is 28.2. The molecular formula is C15H14N2O5S. The zero-order valence-electron chi connectivity index (χ0n) is 12.3. The van der Waals surface area contributed by atoms with Gasteiger partial charge in [-0.2, -0.15) is 0 Å². The Morgan fingerprint density at radius 2 is 2.04 bits per heavy atom. The third-order valence-electron chi connectivity index (χ3n) is 3.23.